The van der Waals surface area contributed by atoms with E-state index in [1.807, 2.05) is 46.2 Å². The molecule has 0 spiro atoms. The van der Waals surface area contributed by atoms with Crippen molar-refractivity contribution in [3.63, 3.8) is 0 Å². The summed E-state index contributed by atoms with van der Waals surface area (Å²) in [6, 6.07) is 18.0. The Labute approximate surface area is 206 Å². The van der Waals surface area contributed by atoms with Crippen LogP contribution in [0.15, 0.2) is 71.2 Å². The van der Waals surface area contributed by atoms with Gasteiger partial charge in [0.15, 0.2) is 5.11 Å². The van der Waals surface area contributed by atoms with Crippen molar-refractivity contribution in [1.82, 2.24) is 10.2 Å². The van der Waals surface area contributed by atoms with Crippen molar-refractivity contribution in [3.05, 3.63) is 87.6 Å². The summed E-state index contributed by atoms with van der Waals surface area (Å²) in [7, 11) is 0. The third-order valence-electron chi connectivity index (χ3n) is 5.36. The Morgan fingerprint density at radius 1 is 1.09 bits per heavy atom. The van der Waals surface area contributed by atoms with Gasteiger partial charge in [0.25, 0.3) is 5.69 Å². The molecule has 1 aliphatic heterocycles. The normalized spacial score (nSPS) is 13.8. The van der Waals surface area contributed by atoms with Crippen molar-refractivity contribution in [2.24, 2.45) is 0 Å². The Hall–Kier alpha value is -3.69. The number of carbonyl (C=O) groups excluding carboxylic acids is 1. The third kappa shape index (κ3) is 5.62. The van der Waals surface area contributed by atoms with E-state index < -0.39 is 4.92 Å². The van der Waals surface area contributed by atoms with Crippen LogP contribution in [0.2, 0.25) is 5.02 Å². The van der Waals surface area contributed by atoms with E-state index >= 15 is 0 Å². The zero-order valence-corrected chi connectivity index (χ0v) is 19.6. The molecular weight excluding hydrogens is 476 g/mol. The lowest BCUT2D eigenvalue weighted by atomic mass is 10.2. The van der Waals surface area contributed by atoms with Crippen LogP contribution in [-0.4, -0.2) is 47.0 Å². The monoisotopic (exact) mass is 496 g/mol. The van der Waals surface area contributed by atoms with Crippen LogP contribution in [0.4, 0.5) is 11.4 Å². The number of benzene rings is 2. The summed E-state index contributed by atoms with van der Waals surface area (Å²) >= 11 is 11.3. The van der Waals surface area contributed by atoms with Gasteiger partial charge in [0.1, 0.15) is 17.2 Å². The minimum atomic E-state index is -0.438. The number of nitro groups is 1. The van der Waals surface area contributed by atoms with Gasteiger partial charge in [0.05, 0.1) is 4.92 Å². The first kappa shape index (κ1) is 23.5. The average Bonchev–Trinajstić information content (AvgIpc) is 3.32. The molecule has 1 saturated heterocycles. The predicted octanol–water partition coefficient (Wildman–Crippen LogP) is 4.74. The van der Waals surface area contributed by atoms with E-state index in [0.717, 1.165) is 11.3 Å². The maximum absolute atomic E-state index is 12.3. The van der Waals surface area contributed by atoms with Crippen LogP contribution in [0.1, 0.15) is 5.76 Å². The van der Waals surface area contributed by atoms with Gasteiger partial charge in [-0.3, -0.25) is 20.2 Å². The third-order valence-corrected chi connectivity index (χ3v) is 5.95. The van der Waals surface area contributed by atoms with Gasteiger partial charge < -0.3 is 14.2 Å². The maximum Gasteiger partial charge on any atom is 0.294 e. The number of anilines is 1. The molecule has 34 heavy (non-hydrogen) atoms. The molecule has 2 heterocycles. The highest BCUT2D eigenvalue weighted by Crippen LogP contribution is 2.31. The summed E-state index contributed by atoms with van der Waals surface area (Å²) in [6.45, 7) is 2.06. The molecule has 1 fully saturated rings. The van der Waals surface area contributed by atoms with Crippen molar-refractivity contribution in [2.45, 2.75) is 0 Å². The lowest BCUT2D eigenvalue weighted by Gasteiger charge is -2.36. The standard InChI is InChI=1S/C24H21ClN4O4S/c25-18-6-9-20(21(16-18)29(31)32)27-12-14-28(15-13-27)24(34)26-23(30)11-8-19-7-10-22(33-19)17-4-2-1-3-5-17/h1-11,16H,12-15H2,(H,26,30,34)/b11-8+. The lowest BCUT2D eigenvalue weighted by Crippen LogP contribution is -2.52. The molecule has 8 nitrogen and oxygen atoms in total. The summed E-state index contributed by atoms with van der Waals surface area (Å²) in [5, 5.41) is 14.7. The Morgan fingerprint density at radius 2 is 1.82 bits per heavy atom. The Bertz CT molecular complexity index is 1240. The van der Waals surface area contributed by atoms with Gasteiger partial charge in [-0.2, -0.15) is 0 Å². The number of amides is 1. The predicted molar refractivity (Wildman–Crippen MR) is 136 cm³/mol. The Kier molecular flexibility index (Phi) is 7.24. The molecule has 4 rings (SSSR count). The number of piperazine rings is 1. The molecule has 1 aromatic heterocycles. The van der Waals surface area contributed by atoms with Crippen molar-refractivity contribution >= 4 is 52.3 Å². The number of nitrogens with zero attached hydrogens (tertiary/aromatic N) is 3. The van der Waals surface area contributed by atoms with E-state index in [1.54, 1.807) is 24.3 Å². The Morgan fingerprint density at radius 3 is 2.53 bits per heavy atom. The fourth-order valence-electron chi connectivity index (χ4n) is 3.64. The number of furan rings is 1. The molecule has 3 aromatic rings. The second kappa shape index (κ2) is 10.5. The molecule has 0 aliphatic carbocycles. The average molecular weight is 497 g/mol. The largest absolute Gasteiger partial charge is 0.457 e. The number of halogens is 1. The van der Waals surface area contributed by atoms with Crippen molar-refractivity contribution in [3.8, 4) is 11.3 Å². The maximum atomic E-state index is 12.3. The van der Waals surface area contributed by atoms with Crippen LogP contribution in [0.3, 0.4) is 0 Å². The number of nitrogens with one attached hydrogen (secondary N) is 1. The number of nitro benzene ring substituents is 1. The van der Waals surface area contributed by atoms with Crippen molar-refractivity contribution in [1.29, 1.82) is 0 Å². The quantitative estimate of drug-likeness (QED) is 0.236. The van der Waals surface area contributed by atoms with E-state index in [4.69, 9.17) is 28.2 Å². The second-order valence-electron chi connectivity index (χ2n) is 7.56. The molecule has 0 radical (unpaired) electrons. The molecule has 2 aromatic carbocycles. The molecule has 0 bridgehead atoms. The van der Waals surface area contributed by atoms with Gasteiger partial charge in [-0.15, -0.1) is 0 Å². The topological polar surface area (TPSA) is 91.9 Å². The number of hydrogen-bond donors (Lipinski definition) is 1. The highest BCUT2D eigenvalue weighted by molar-refractivity contribution is 7.80. The zero-order chi connectivity index (χ0) is 24.1. The van der Waals surface area contributed by atoms with Crippen molar-refractivity contribution in [2.75, 3.05) is 31.1 Å². The summed E-state index contributed by atoms with van der Waals surface area (Å²) in [5.41, 5.74) is 1.44. The van der Waals surface area contributed by atoms with Crippen molar-refractivity contribution < 1.29 is 14.1 Å². The first-order chi connectivity index (χ1) is 16.4. The van der Waals surface area contributed by atoms with E-state index in [0.29, 0.717) is 47.8 Å². The highest BCUT2D eigenvalue weighted by Gasteiger charge is 2.25. The van der Waals surface area contributed by atoms with Crippen LogP contribution < -0.4 is 10.2 Å². The molecule has 1 amide bonds. The number of thiocarbonyl (C=S) groups is 1. The van der Waals surface area contributed by atoms with E-state index in [9.17, 15) is 14.9 Å². The van der Waals surface area contributed by atoms with Gasteiger partial charge >= 0.3 is 0 Å². The molecular formula is C24H21ClN4O4S. The summed E-state index contributed by atoms with van der Waals surface area (Å²) in [6.07, 6.45) is 2.95. The minimum absolute atomic E-state index is 0.0321. The number of hydrogen-bond acceptors (Lipinski definition) is 6. The van der Waals surface area contributed by atoms with E-state index in [1.165, 1.54) is 12.1 Å². The SMILES string of the molecule is O=C(/C=C/c1ccc(-c2ccccc2)o1)NC(=S)N1CCN(c2ccc(Cl)cc2[N+](=O)[O-])CC1. The second-order valence-corrected chi connectivity index (χ2v) is 8.38. The molecule has 1 aliphatic rings. The highest BCUT2D eigenvalue weighted by atomic mass is 35.5. The zero-order valence-electron chi connectivity index (χ0n) is 18.0. The van der Waals surface area contributed by atoms with E-state index in [-0.39, 0.29) is 11.6 Å². The van der Waals surface area contributed by atoms with Gasteiger partial charge in [-0.1, -0.05) is 41.9 Å². The molecule has 0 saturated carbocycles. The van der Waals surface area contributed by atoms with Crippen LogP contribution >= 0.6 is 23.8 Å². The first-order valence-electron chi connectivity index (χ1n) is 10.5. The molecule has 0 atom stereocenters. The molecule has 0 unspecified atom stereocenters. The van der Waals surface area contributed by atoms with E-state index in [2.05, 4.69) is 5.32 Å². The number of carbonyl (C=O) groups is 1. The summed E-state index contributed by atoms with van der Waals surface area (Å²) in [5.74, 6) is 0.909. The fourth-order valence-corrected chi connectivity index (χ4v) is 4.09. The molecule has 1 N–H and O–H groups in total. The van der Waals surface area contributed by atoms with Crippen LogP contribution in [0.5, 0.6) is 0 Å². The number of rotatable bonds is 5. The first-order valence-corrected chi connectivity index (χ1v) is 11.3. The van der Waals surface area contributed by atoms with Gasteiger partial charge in [-0.05, 0) is 42.6 Å². The smallest absolute Gasteiger partial charge is 0.294 e. The molecule has 10 heteroatoms. The van der Waals surface area contributed by atoms with Crippen LogP contribution in [0.25, 0.3) is 17.4 Å². The lowest BCUT2D eigenvalue weighted by molar-refractivity contribution is -0.384. The summed E-state index contributed by atoms with van der Waals surface area (Å²) < 4.78 is 5.76. The van der Waals surface area contributed by atoms with Gasteiger partial charge in [-0.25, -0.2) is 0 Å². The van der Waals surface area contributed by atoms with Crippen LogP contribution in [0, 0.1) is 10.1 Å². The minimum Gasteiger partial charge on any atom is -0.457 e. The van der Waals surface area contributed by atoms with Crippen LogP contribution in [-0.2, 0) is 4.79 Å². The summed E-state index contributed by atoms with van der Waals surface area (Å²) in [4.78, 5) is 27.0. The fraction of sp³-hybridized carbons (Fsp3) is 0.167. The van der Waals surface area contributed by atoms with Gasteiger partial charge in [0.2, 0.25) is 5.91 Å². The Balaban J connectivity index is 1.30. The van der Waals surface area contributed by atoms with Gasteiger partial charge in [0, 0.05) is 48.9 Å². The molecule has 174 valence electrons.